The molecule has 0 spiro atoms. The van der Waals surface area contributed by atoms with Gasteiger partial charge in [-0.15, -0.1) is 0 Å². The standard InChI is InChI=1S/C13H20O2/c1-3-4-7-15-12(14)13-6-5-11(9-13)10(2)8-13/h5-6,10-11H,3-4,7-9H2,1-2H3. The Bertz CT molecular complexity index is 282. The lowest BCUT2D eigenvalue weighted by molar-refractivity contribution is -0.152. The van der Waals surface area contributed by atoms with Crippen LogP contribution in [0, 0.1) is 17.3 Å². The Morgan fingerprint density at radius 3 is 2.87 bits per heavy atom. The van der Waals surface area contributed by atoms with E-state index in [1.807, 2.05) is 0 Å². The predicted molar refractivity (Wildman–Crippen MR) is 59.3 cm³/mol. The molecular formula is C13H20O2. The molecule has 2 nitrogen and oxygen atoms in total. The van der Waals surface area contributed by atoms with Crippen LogP contribution in [0.15, 0.2) is 12.2 Å². The van der Waals surface area contributed by atoms with Gasteiger partial charge in [-0.25, -0.2) is 0 Å². The lowest BCUT2D eigenvalue weighted by atomic mass is 9.85. The van der Waals surface area contributed by atoms with E-state index in [9.17, 15) is 4.79 Å². The second kappa shape index (κ2) is 3.99. The van der Waals surface area contributed by atoms with E-state index in [1.54, 1.807) is 0 Å². The minimum absolute atomic E-state index is 0.0130. The first-order chi connectivity index (χ1) is 7.18. The topological polar surface area (TPSA) is 26.3 Å². The van der Waals surface area contributed by atoms with Crippen molar-refractivity contribution in [2.24, 2.45) is 17.3 Å². The fourth-order valence-corrected chi connectivity index (χ4v) is 2.82. The van der Waals surface area contributed by atoms with Crippen LogP contribution in [0.4, 0.5) is 0 Å². The Labute approximate surface area is 91.7 Å². The van der Waals surface area contributed by atoms with Crippen molar-refractivity contribution in [2.45, 2.75) is 39.5 Å². The first-order valence-corrected chi connectivity index (χ1v) is 6.04. The van der Waals surface area contributed by atoms with Gasteiger partial charge < -0.3 is 4.74 Å². The van der Waals surface area contributed by atoms with E-state index in [0.29, 0.717) is 18.4 Å². The number of carbonyl (C=O) groups is 1. The van der Waals surface area contributed by atoms with Crippen LogP contribution in [0.25, 0.3) is 0 Å². The van der Waals surface area contributed by atoms with Gasteiger partial charge in [0, 0.05) is 0 Å². The van der Waals surface area contributed by atoms with Crippen LogP contribution in [-0.2, 0) is 9.53 Å². The van der Waals surface area contributed by atoms with Crippen molar-refractivity contribution in [2.75, 3.05) is 6.61 Å². The molecule has 0 aromatic rings. The molecule has 3 atom stereocenters. The Balaban J connectivity index is 1.93. The van der Waals surface area contributed by atoms with E-state index >= 15 is 0 Å². The summed E-state index contributed by atoms with van der Waals surface area (Å²) in [5.41, 5.74) is -0.252. The van der Waals surface area contributed by atoms with Gasteiger partial charge >= 0.3 is 5.97 Å². The van der Waals surface area contributed by atoms with Crippen molar-refractivity contribution in [3.63, 3.8) is 0 Å². The second-order valence-corrected chi connectivity index (χ2v) is 5.05. The van der Waals surface area contributed by atoms with Crippen LogP contribution in [-0.4, -0.2) is 12.6 Å². The fourth-order valence-electron chi connectivity index (χ4n) is 2.82. The number of allylic oxidation sites excluding steroid dienone is 1. The lowest BCUT2D eigenvalue weighted by Crippen LogP contribution is -2.28. The van der Waals surface area contributed by atoms with Crippen molar-refractivity contribution in [1.29, 1.82) is 0 Å². The Kier molecular flexibility index (Phi) is 2.85. The molecule has 0 aliphatic heterocycles. The number of unbranched alkanes of at least 4 members (excludes halogenated alkanes) is 1. The van der Waals surface area contributed by atoms with E-state index < -0.39 is 0 Å². The highest BCUT2D eigenvalue weighted by Crippen LogP contribution is 2.52. The van der Waals surface area contributed by atoms with Crippen LogP contribution in [0.2, 0.25) is 0 Å². The summed E-state index contributed by atoms with van der Waals surface area (Å²) in [6, 6.07) is 0. The maximum atomic E-state index is 12.0. The fraction of sp³-hybridized carbons (Fsp3) is 0.769. The number of ether oxygens (including phenoxy) is 1. The average Bonchev–Trinajstić information content (AvgIpc) is 2.76. The van der Waals surface area contributed by atoms with Crippen LogP contribution < -0.4 is 0 Å². The molecule has 1 fully saturated rings. The molecule has 0 aromatic heterocycles. The molecule has 2 aliphatic carbocycles. The summed E-state index contributed by atoms with van der Waals surface area (Å²) in [4.78, 5) is 12.0. The number of hydrogen-bond acceptors (Lipinski definition) is 2. The molecular weight excluding hydrogens is 188 g/mol. The van der Waals surface area contributed by atoms with E-state index in [2.05, 4.69) is 26.0 Å². The van der Waals surface area contributed by atoms with Crippen LogP contribution >= 0.6 is 0 Å². The van der Waals surface area contributed by atoms with Gasteiger partial charge in [0.2, 0.25) is 0 Å². The van der Waals surface area contributed by atoms with E-state index in [-0.39, 0.29) is 11.4 Å². The molecule has 2 bridgehead atoms. The maximum absolute atomic E-state index is 12.0. The molecule has 0 radical (unpaired) electrons. The summed E-state index contributed by atoms with van der Waals surface area (Å²) in [6.07, 6.45) is 8.32. The summed E-state index contributed by atoms with van der Waals surface area (Å²) >= 11 is 0. The summed E-state index contributed by atoms with van der Waals surface area (Å²) < 4.78 is 5.35. The van der Waals surface area contributed by atoms with Crippen LogP contribution in [0.5, 0.6) is 0 Å². The zero-order valence-corrected chi connectivity index (χ0v) is 9.66. The van der Waals surface area contributed by atoms with Gasteiger partial charge in [-0.3, -0.25) is 4.79 Å². The number of fused-ring (bicyclic) bond motifs is 2. The number of carbonyl (C=O) groups excluding carboxylic acids is 1. The minimum atomic E-state index is -0.252. The number of hydrogen-bond donors (Lipinski definition) is 0. The van der Waals surface area contributed by atoms with E-state index in [1.165, 1.54) is 0 Å². The SMILES string of the molecule is CCCCOC(=O)C12C=CC(C1)C(C)C2. The van der Waals surface area contributed by atoms with Gasteiger partial charge in [0.1, 0.15) is 0 Å². The molecule has 0 amide bonds. The summed E-state index contributed by atoms with van der Waals surface area (Å²) in [7, 11) is 0. The molecule has 2 heteroatoms. The molecule has 15 heavy (non-hydrogen) atoms. The summed E-state index contributed by atoms with van der Waals surface area (Å²) in [6.45, 7) is 4.93. The first-order valence-electron chi connectivity index (χ1n) is 6.04. The van der Waals surface area contributed by atoms with Crippen molar-refractivity contribution in [3.8, 4) is 0 Å². The molecule has 0 N–H and O–H groups in total. The van der Waals surface area contributed by atoms with Crippen LogP contribution in [0.1, 0.15) is 39.5 Å². The highest BCUT2D eigenvalue weighted by Gasteiger charge is 2.50. The van der Waals surface area contributed by atoms with Gasteiger partial charge in [0.15, 0.2) is 0 Å². The third-order valence-corrected chi connectivity index (χ3v) is 3.82. The molecule has 2 aliphatic rings. The maximum Gasteiger partial charge on any atom is 0.315 e. The van der Waals surface area contributed by atoms with Crippen molar-refractivity contribution in [1.82, 2.24) is 0 Å². The van der Waals surface area contributed by atoms with Gasteiger partial charge in [-0.05, 0) is 31.1 Å². The van der Waals surface area contributed by atoms with Gasteiger partial charge in [0.05, 0.1) is 12.0 Å². The monoisotopic (exact) mass is 208 g/mol. The second-order valence-electron chi connectivity index (χ2n) is 5.05. The smallest absolute Gasteiger partial charge is 0.315 e. The summed E-state index contributed by atoms with van der Waals surface area (Å²) in [5, 5.41) is 0. The summed E-state index contributed by atoms with van der Waals surface area (Å²) in [5.74, 6) is 1.27. The molecule has 84 valence electrons. The largest absolute Gasteiger partial charge is 0.465 e. The number of esters is 1. The first kappa shape index (κ1) is 10.7. The van der Waals surface area contributed by atoms with Crippen molar-refractivity contribution >= 4 is 5.97 Å². The molecule has 0 saturated heterocycles. The average molecular weight is 208 g/mol. The zero-order chi connectivity index (χ0) is 10.9. The van der Waals surface area contributed by atoms with Gasteiger partial charge in [0.25, 0.3) is 0 Å². The molecule has 1 saturated carbocycles. The van der Waals surface area contributed by atoms with Gasteiger partial charge in [-0.2, -0.15) is 0 Å². The highest BCUT2D eigenvalue weighted by molar-refractivity contribution is 5.80. The molecule has 3 unspecified atom stereocenters. The molecule has 2 rings (SSSR count). The third-order valence-electron chi connectivity index (χ3n) is 3.82. The van der Waals surface area contributed by atoms with E-state index in [0.717, 1.165) is 25.7 Å². The minimum Gasteiger partial charge on any atom is -0.465 e. The zero-order valence-electron chi connectivity index (χ0n) is 9.66. The molecule has 0 heterocycles. The Morgan fingerprint density at radius 2 is 2.33 bits per heavy atom. The Morgan fingerprint density at radius 1 is 1.53 bits per heavy atom. The highest BCUT2D eigenvalue weighted by atomic mass is 16.5. The van der Waals surface area contributed by atoms with Gasteiger partial charge in [-0.1, -0.05) is 32.4 Å². The predicted octanol–water partition coefficient (Wildman–Crippen LogP) is 2.93. The van der Waals surface area contributed by atoms with Crippen molar-refractivity contribution in [3.05, 3.63) is 12.2 Å². The lowest BCUT2D eigenvalue weighted by Gasteiger charge is -2.22. The quantitative estimate of drug-likeness (QED) is 0.403. The van der Waals surface area contributed by atoms with E-state index in [4.69, 9.17) is 4.74 Å². The Hall–Kier alpha value is -0.790. The molecule has 0 aromatic carbocycles. The third kappa shape index (κ3) is 1.82. The number of rotatable bonds is 4. The van der Waals surface area contributed by atoms with Crippen LogP contribution in [0.3, 0.4) is 0 Å². The normalized spacial score (nSPS) is 37.2. The van der Waals surface area contributed by atoms with Crippen molar-refractivity contribution < 1.29 is 9.53 Å².